The van der Waals surface area contributed by atoms with Crippen molar-refractivity contribution in [3.63, 3.8) is 0 Å². The van der Waals surface area contributed by atoms with E-state index in [2.05, 4.69) is 31.1 Å². The maximum Gasteiger partial charge on any atom is 0.119 e. The number of oxime groups is 1. The smallest absolute Gasteiger partial charge is 0.119 e. The van der Waals surface area contributed by atoms with Gasteiger partial charge in [-0.1, -0.05) is 25.1 Å². The quantitative estimate of drug-likeness (QED) is 0.583. The van der Waals surface area contributed by atoms with Gasteiger partial charge in [0, 0.05) is 5.41 Å². The van der Waals surface area contributed by atoms with Crippen LogP contribution >= 0.6 is 0 Å². The lowest BCUT2D eigenvalue weighted by Gasteiger charge is -2.33. The first kappa shape index (κ1) is 11.0. The molecular formula is C13H17NO2. The molecule has 0 aromatic heterocycles. The number of methoxy groups -OCH3 is 1. The van der Waals surface area contributed by atoms with Gasteiger partial charge in [-0.15, -0.1) is 0 Å². The molecule has 1 aliphatic rings. The van der Waals surface area contributed by atoms with E-state index in [1.165, 1.54) is 11.1 Å². The summed E-state index contributed by atoms with van der Waals surface area (Å²) in [5, 5.41) is 12.4. The molecule has 0 spiro atoms. The van der Waals surface area contributed by atoms with Crippen molar-refractivity contribution in [3.05, 3.63) is 29.3 Å². The van der Waals surface area contributed by atoms with E-state index in [-0.39, 0.29) is 5.41 Å². The normalized spacial score (nSPS) is 20.6. The maximum absolute atomic E-state index is 9.02. The number of nitrogens with zero attached hydrogens (tertiary/aromatic N) is 1. The predicted molar refractivity (Wildman–Crippen MR) is 63.6 cm³/mol. The third-order valence-corrected chi connectivity index (χ3v) is 3.46. The Morgan fingerprint density at radius 2 is 2.06 bits per heavy atom. The zero-order valence-electron chi connectivity index (χ0n) is 9.95. The van der Waals surface area contributed by atoms with Crippen molar-refractivity contribution >= 4 is 5.71 Å². The SMILES string of the molecule is COc1ccc2c(c1)CCC(=NO)C2(C)C. The van der Waals surface area contributed by atoms with Crippen molar-refractivity contribution in [2.45, 2.75) is 32.1 Å². The molecule has 0 heterocycles. The Labute approximate surface area is 95.7 Å². The van der Waals surface area contributed by atoms with E-state index in [0.29, 0.717) is 0 Å². The van der Waals surface area contributed by atoms with Crippen LogP contribution in [0.3, 0.4) is 0 Å². The van der Waals surface area contributed by atoms with Crippen molar-refractivity contribution in [2.75, 3.05) is 7.11 Å². The first-order chi connectivity index (χ1) is 7.59. The van der Waals surface area contributed by atoms with Crippen LogP contribution in [0.2, 0.25) is 0 Å². The van der Waals surface area contributed by atoms with Crippen molar-refractivity contribution in [1.82, 2.24) is 0 Å². The summed E-state index contributed by atoms with van der Waals surface area (Å²) < 4.78 is 5.22. The topological polar surface area (TPSA) is 41.8 Å². The molecule has 1 aromatic rings. The molecule has 0 unspecified atom stereocenters. The molecule has 86 valence electrons. The Balaban J connectivity index is 2.52. The fourth-order valence-corrected chi connectivity index (χ4v) is 2.41. The highest BCUT2D eigenvalue weighted by Gasteiger charge is 2.33. The maximum atomic E-state index is 9.02. The van der Waals surface area contributed by atoms with E-state index in [0.717, 1.165) is 24.3 Å². The second kappa shape index (κ2) is 3.81. The fraction of sp³-hybridized carbons (Fsp3) is 0.462. The van der Waals surface area contributed by atoms with Gasteiger partial charge in [0.05, 0.1) is 12.8 Å². The molecule has 0 amide bonds. The lowest BCUT2D eigenvalue weighted by Crippen LogP contribution is -2.34. The minimum absolute atomic E-state index is 0.186. The van der Waals surface area contributed by atoms with E-state index < -0.39 is 0 Å². The van der Waals surface area contributed by atoms with Gasteiger partial charge in [0.1, 0.15) is 5.75 Å². The van der Waals surface area contributed by atoms with Crippen LogP contribution in [0.25, 0.3) is 0 Å². The number of aryl methyl sites for hydroxylation is 1. The van der Waals surface area contributed by atoms with Crippen LogP contribution in [0.4, 0.5) is 0 Å². The number of rotatable bonds is 1. The zero-order chi connectivity index (χ0) is 11.8. The molecule has 3 heteroatoms. The Kier molecular flexibility index (Phi) is 2.62. The van der Waals surface area contributed by atoms with E-state index in [4.69, 9.17) is 9.94 Å². The van der Waals surface area contributed by atoms with Crippen LogP contribution < -0.4 is 4.74 Å². The van der Waals surface area contributed by atoms with Crippen LogP contribution in [0, 0.1) is 0 Å². The largest absolute Gasteiger partial charge is 0.497 e. The molecule has 1 N–H and O–H groups in total. The van der Waals surface area contributed by atoms with Gasteiger partial charge in [-0.25, -0.2) is 0 Å². The molecule has 0 radical (unpaired) electrons. The van der Waals surface area contributed by atoms with Crippen molar-refractivity contribution in [3.8, 4) is 5.75 Å². The Hall–Kier alpha value is -1.51. The summed E-state index contributed by atoms with van der Waals surface area (Å²) in [4.78, 5) is 0. The summed E-state index contributed by atoms with van der Waals surface area (Å²) >= 11 is 0. The molecule has 0 saturated heterocycles. The molecule has 1 aromatic carbocycles. The van der Waals surface area contributed by atoms with Crippen molar-refractivity contribution in [1.29, 1.82) is 0 Å². The van der Waals surface area contributed by atoms with Crippen LogP contribution in [-0.2, 0) is 11.8 Å². The first-order valence-electron chi connectivity index (χ1n) is 5.48. The summed E-state index contributed by atoms with van der Waals surface area (Å²) in [6.45, 7) is 4.18. The summed E-state index contributed by atoms with van der Waals surface area (Å²) in [6, 6.07) is 6.10. The predicted octanol–water partition coefficient (Wildman–Crippen LogP) is 2.75. The van der Waals surface area contributed by atoms with Crippen molar-refractivity contribution in [2.24, 2.45) is 5.16 Å². The minimum atomic E-state index is -0.186. The molecule has 16 heavy (non-hydrogen) atoms. The number of ether oxygens (including phenoxy) is 1. The Morgan fingerprint density at radius 1 is 1.31 bits per heavy atom. The van der Waals surface area contributed by atoms with Gasteiger partial charge in [-0.3, -0.25) is 0 Å². The monoisotopic (exact) mass is 219 g/mol. The molecule has 2 rings (SSSR count). The Morgan fingerprint density at radius 3 is 2.69 bits per heavy atom. The lowest BCUT2D eigenvalue weighted by atomic mass is 9.71. The van der Waals surface area contributed by atoms with Gasteiger partial charge in [-0.05, 0) is 36.1 Å². The average Bonchev–Trinajstić information content (AvgIpc) is 2.28. The van der Waals surface area contributed by atoms with Crippen LogP contribution in [-0.4, -0.2) is 18.0 Å². The van der Waals surface area contributed by atoms with Crippen molar-refractivity contribution < 1.29 is 9.94 Å². The number of fused-ring (bicyclic) bond motifs is 1. The molecule has 3 nitrogen and oxygen atoms in total. The molecule has 0 bridgehead atoms. The highest BCUT2D eigenvalue weighted by atomic mass is 16.5. The van der Waals surface area contributed by atoms with E-state index in [9.17, 15) is 0 Å². The molecule has 0 fully saturated rings. The molecule has 0 atom stereocenters. The Bertz CT molecular complexity index is 436. The van der Waals surface area contributed by atoms with E-state index in [1.54, 1.807) is 7.11 Å². The van der Waals surface area contributed by atoms with E-state index >= 15 is 0 Å². The number of benzene rings is 1. The third-order valence-electron chi connectivity index (χ3n) is 3.46. The summed E-state index contributed by atoms with van der Waals surface area (Å²) in [7, 11) is 1.68. The fourth-order valence-electron chi connectivity index (χ4n) is 2.41. The first-order valence-corrected chi connectivity index (χ1v) is 5.48. The summed E-state index contributed by atoms with van der Waals surface area (Å²) in [5.41, 5.74) is 3.18. The number of hydrogen-bond acceptors (Lipinski definition) is 3. The van der Waals surface area contributed by atoms with Gasteiger partial charge in [0.2, 0.25) is 0 Å². The van der Waals surface area contributed by atoms with Crippen LogP contribution in [0.1, 0.15) is 31.4 Å². The average molecular weight is 219 g/mol. The molecule has 0 saturated carbocycles. The lowest BCUT2D eigenvalue weighted by molar-refractivity contribution is 0.311. The zero-order valence-corrected chi connectivity index (χ0v) is 9.95. The summed E-state index contributed by atoms with van der Waals surface area (Å²) in [6.07, 6.45) is 1.72. The van der Waals surface area contributed by atoms with Crippen LogP contribution in [0.15, 0.2) is 23.4 Å². The second-order valence-corrected chi connectivity index (χ2v) is 4.69. The van der Waals surface area contributed by atoms with E-state index in [1.807, 2.05) is 6.07 Å². The minimum Gasteiger partial charge on any atom is -0.497 e. The number of hydrogen-bond donors (Lipinski definition) is 1. The third kappa shape index (κ3) is 1.56. The summed E-state index contributed by atoms with van der Waals surface area (Å²) in [5.74, 6) is 0.888. The molecule has 1 aliphatic carbocycles. The second-order valence-electron chi connectivity index (χ2n) is 4.69. The van der Waals surface area contributed by atoms with Gasteiger partial charge < -0.3 is 9.94 Å². The van der Waals surface area contributed by atoms with Crippen LogP contribution in [0.5, 0.6) is 5.75 Å². The molecule has 0 aliphatic heterocycles. The van der Waals surface area contributed by atoms with Gasteiger partial charge in [0.25, 0.3) is 0 Å². The van der Waals surface area contributed by atoms with Gasteiger partial charge in [0.15, 0.2) is 0 Å². The highest BCUT2D eigenvalue weighted by molar-refractivity contribution is 5.95. The van der Waals surface area contributed by atoms with Gasteiger partial charge in [-0.2, -0.15) is 0 Å². The highest BCUT2D eigenvalue weighted by Crippen LogP contribution is 2.36. The molecular weight excluding hydrogens is 202 g/mol. The van der Waals surface area contributed by atoms with Gasteiger partial charge >= 0.3 is 0 Å². The standard InChI is InChI=1S/C13H17NO2/c1-13(2)11-6-5-10(16-3)8-9(11)4-7-12(13)14-15/h5-6,8,15H,4,7H2,1-3H3.